The van der Waals surface area contributed by atoms with E-state index in [1.165, 1.54) is 4.90 Å². The summed E-state index contributed by atoms with van der Waals surface area (Å²) in [6.45, 7) is 0.806. The van der Waals surface area contributed by atoms with Crippen LogP contribution in [0.4, 0.5) is 11.4 Å². The summed E-state index contributed by atoms with van der Waals surface area (Å²) in [5, 5.41) is 3.22. The summed E-state index contributed by atoms with van der Waals surface area (Å²) < 4.78 is 0. The van der Waals surface area contributed by atoms with Crippen LogP contribution in [0.25, 0.3) is 0 Å². The van der Waals surface area contributed by atoms with Crippen molar-refractivity contribution in [3.05, 3.63) is 58.6 Å². The first-order valence-electron chi connectivity index (χ1n) is 9.33. The molecule has 2 aromatic rings. The molecule has 2 heterocycles. The van der Waals surface area contributed by atoms with Crippen molar-refractivity contribution >= 4 is 40.7 Å². The normalized spacial score (nSPS) is 18.5. The molecule has 4 rings (SSSR count). The zero-order chi connectivity index (χ0) is 20.7. The van der Waals surface area contributed by atoms with Gasteiger partial charge in [0.05, 0.1) is 17.8 Å². The third-order valence-electron chi connectivity index (χ3n) is 5.33. The van der Waals surface area contributed by atoms with Crippen molar-refractivity contribution < 1.29 is 14.4 Å². The smallest absolute Gasteiger partial charge is 0.256 e. The molecule has 1 atom stereocenters. The maximum absolute atomic E-state index is 13.0. The van der Waals surface area contributed by atoms with E-state index in [4.69, 9.17) is 11.6 Å². The molecule has 3 amide bonds. The Labute approximate surface area is 173 Å². The summed E-state index contributed by atoms with van der Waals surface area (Å²) in [6, 6.07) is 11.4. The predicted molar refractivity (Wildman–Crippen MR) is 112 cm³/mol. The van der Waals surface area contributed by atoms with Crippen LogP contribution in [-0.4, -0.2) is 67.3 Å². The van der Waals surface area contributed by atoms with Crippen molar-refractivity contribution in [2.45, 2.75) is 6.04 Å². The van der Waals surface area contributed by atoms with Crippen LogP contribution in [0.5, 0.6) is 0 Å². The van der Waals surface area contributed by atoms with Gasteiger partial charge < -0.3 is 20.0 Å². The van der Waals surface area contributed by atoms with E-state index < -0.39 is 6.04 Å². The Bertz CT molecular complexity index is 990. The maximum Gasteiger partial charge on any atom is 0.256 e. The summed E-state index contributed by atoms with van der Waals surface area (Å²) in [5.74, 6) is -0.706. The molecule has 2 aromatic carbocycles. The SMILES string of the molecule is CN(C)c1ccc(C(=O)N2CCN3C(=O)c4ccc(Cl)cc4NC(=O)C3C2)cc1. The Balaban J connectivity index is 1.56. The van der Waals surface area contributed by atoms with E-state index in [2.05, 4.69) is 5.32 Å². The summed E-state index contributed by atoms with van der Waals surface area (Å²) >= 11 is 6.01. The lowest BCUT2D eigenvalue weighted by atomic mass is 10.1. The first-order valence-corrected chi connectivity index (χ1v) is 9.71. The van der Waals surface area contributed by atoms with Gasteiger partial charge in [-0.2, -0.15) is 0 Å². The largest absolute Gasteiger partial charge is 0.378 e. The molecule has 1 fully saturated rings. The highest BCUT2D eigenvalue weighted by molar-refractivity contribution is 6.31. The molecule has 0 spiro atoms. The molecule has 1 unspecified atom stereocenters. The maximum atomic E-state index is 13.0. The van der Waals surface area contributed by atoms with Gasteiger partial charge in [-0.15, -0.1) is 0 Å². The van der Waals surface area contributed by atoms with E-state index in [9.17, 15) is 14.4 Å². The number of amides is 3. The summed E-state index contributed by atoms with van der Waals surface area (Å²) in [4.78, 5) is 43.8. The van der Waals surface area contributed by atoms with Crippen LogP contribution >= 0.6 is 11.6 Å². The average molecular weight is 413 g/mol. The highest BCUT2D eigenvalue weighted by atomic mass is 35.5. The predicted octanol–water partition coefficient (Wildman–Crippen LogP) is 2.32. The number of anilines is 2. The lowest BCUT2D eigenvalue weighted by Gasteiger charge is -2.39. The second-order valence-corrected chi connectivity index (χ2v) is 7.82. The molecule has 1 N–H and O–H groups in total. The van der Waals surface area contributed by atoms with E-state index in [-0.39, 0.29) is 24.3 Å². The van der Waals surface area contributed by atoms with Gasteiger partial charge in [0.1, 0.15) is 6.04 Å². The molecule has 1 saturated heterocycles. The third-order valence-corrected chi connectivity index (χ3v) is 5.57. The lowest BCUT2D eigenvalue weighted by Crippen LogP contribution is -2.59. The number of hydrogen-bond donors (Lipinski definition) is 1. The zero-order valence-electron chi connectivity index (χ0n) is 16.2. The van der Waals surface area contributed by atoms with Crippen molar-refractivity contribution in [2.24, 2.45) is 0 Å². The third kappa shape index (κ3) is 3.53. The van der Waals surface area contributed by atoms with E-state index in [0.29, 0.717) is 34.9 Å². The van der Waals surface area contributed by atoms with Crippen LogP contribution in [0.1, 0.15) is 20.7 Å². The number of nitrogens with one attached hydrogen (secondary N) is 1. The second kappa shape index (κ2) is 7.40. The summed E-state index contributed by atoms with van der Waals surface area (Å²) in [5.41, 5.74) is 2.36. The molecule has 150 valence electrons. The van der Waals surface area contributed by atoms with Crippen LogP contribution in [0.3, 0.4) is 0 Å². The number of benzene rings is 2. The highest BCUT2D eigenvalue weighted by Crippen LogP contribution is 2.28. The van der Waals surface area contributed by atoms with Crippen molar-refractivity contribution in [1.29, 1.82) is 0 Å². The van der Waals surface area contributed by atoms with Gasteiger partial charge in [0.15, 0.2) is 0 Å². The highest BCUT2D eigenvalue weighted by Gasteiger charge is 2.40. The number of rotatable bonds is 2. The number of piperazine rings is 1. The molecule has 2 aliphatic heterocycles. The molecule has 0 saturated carbocycles. The second-order valence-electron chi connectivity index (χ2n) is 7.39. The Hall–Kier alpha value is -3.06. The van der Waals surface area contributed by atoms with E-state index in [1.54, 1.807) is 35.2 Å². The Morgan fingerprint density at radius 2 is 1.83 bits per heavy atom. The quantitative estimate of drug-likeness (QED) is 0.821. The number of carbonyl (C=O) groups is 3. The monoisotopic (exact) mass is 412 g/mol. The fraction of sp³-hybridized carbons (Fsp3) is 0.286. The number of fused-ring (bicyclic) bond motifs is 2. The molecule has 29 heavy (non-hydrogen) atoms. The van der Waals surface area contributed by atoms with Crippen LogP contribution in [0.2, 0.25) is 5.02 Å². The van der Waals surface area contributed by atoms with Crippen molar-refractivity contribution in [3.63, 3.8) is 0 Å². The minimum absolute atomic E-state index is 0.146. The van der Waals surface area contributed by atoms with Crippen molar-refractivity contribution in [1.82, 2.24) is 9.80 Å². The first kappa shape index (κ1) is 19.3. The molecular formula is C21H21ClN4O3. The van der Waals surface area contributed by atoms with Crippen LogP contribution in [0, 0.1) is 0 Å². The van der Waals surface area contributed by atoms with Gasteiger partial charge in [0, 0.05) is 43.5 Å². The minimum atomic E-state index is -0.743. The zero-order valence-corrected chi connectivity index (χ0v) is 16.9. The van der Waals surface area contributed by atoms with Gasteiger partial charge in [0.2, 0.25) is 5.91 Å². The Morgan fingerprint density at radius 3 is 2.52 bits per heavy atom. The molecule has 0 bridgehead atoms. The van der Waals surface area contributed by atoms with Crippen LogP contribution in [0.15, 0.2) is 42.5 Å². The molecule has 0 radical (unpaired) electrons. The van der Waals surface area contributed by atoms with Crippen LogP contribution in [-0.2, 0) is 4.79 Å². The standard InChI is InChI=1S/C21H21ClN4O3/c1-24(2)15-6-3-13(4-7-15)20(28)25-9-10-26-18(12-25)19(27)23-17-11-14(22)5-8-16(17)21(26)29/h3-8,11,18H,9-10,12H2,1-2H3,(H,23,27). The average Bonchev–Trinajstić information content (AvgIpc) is 2.81. The number of carbonyl (C=O) groups excluding carboxylic acids is 3. The van der Waals surface area contributed by atoms with Crippen molar-refractivity contribution in [3.8, 4) is 0 Å². The van der Waals surface area contributed by atoms with Gasteiger partial charge >= 0.3 is 0 Å². The van der Waals surface area contributed by atoms with E-state index in [1.807, 2.05) is 31.1 Å². The van der Waals surface area contributed by atoms with Crippen molar-refractivity contribution in [2.75, 3.05) is 43.9 Å². The summed E-state index contributed by atoms with van der Waals surface area (Å²) in [6.07, 6.45) is 0. The van der Waals surface area contributed by atoms with E-state index >= 15 is 0 Å². The molecular weight excluding hydrogens is 392 g/mol. The van der Waals surface area contributed by atoms with Gasteiger partial charge in [-0.1, -0.05) is 11.6 Å². The van der Waals surface area contributed by atoms with E-state index in [0.717, 1.165) is 5.69 Å². The molecule has 7 nitrogen and oxygen atoms in total. The first-order chi connectivity index (χ1) is 13.8. The topological polar surface area (TPSA) is 73.0 Å². The molecule has 8 heteroatoms. The van der Waals surface area contributed by atoms with Crippen LogP contribution < -0.4 is 10.2 Å². The summed E-state index contributed by atoms with van der Waals surface area (Å²) in [7, 11) is 3.87. The number of nitrogens with zero attached hydrogens (tertiary/aromatic N) is 3. The molecule has 2 aliphatic rings. The fourth-order valence-electron chi connectivity index (χ4n) is 3.70. The number of halogens is 1. The Morgan fingerprint density at radius 1 is 1.10 bits per heavy atom. The van der Waals surface area contributed by atoms with Gasteiger partial charge in [-0.3, -0.25) is 14.4 Å². The van der Waals surface area contributed by atoms with Gasteiger partial charge in [-0.05, 0) is 42.5 Å². The number of hydrogen-bond acceptors (Lipinski definition) is 4. The molecule has 0 aromatic heterocycles. The van der Waals surface area contributed by atoms with Gasteiger partial charge in [0.25, 0.3) is 11.8 Å². The minimum Gasteiger partial charge on any atom is -0.378 e. The molecule has 0 aliphatic carbocycles. The Kier molecular flexibility index (Phi) is 4.92. The lowest BCUT2D eigenvalue weighted by molar-refractivity contribution is -0.121. The fourth-order valence-corrected chi connectivity index (χ4v) is 3.87. The van der Waals surface area contributed by atoms with Gasteiger partial charge in [-0.25, -0.2) is 0 Å².